The predicted octanol–water partition coefficient (Wildman–Crippen LogP) is -0.841. The van der Waals surface area contributed by atoms with Crippen LogP contribution in [0.4, 0.5) is 19.7 Å². The maximum atomic E-state index is 15.6. The second-order valence-electron chi connectivity index (χ2n) is 28.7. The van der Waals surface area contributed by atoms with Crippen molar-refractivity contribution in [3.63, 3.8) is 0 Å². The number of nitrogens with two attached hydrogens (primary N) is 1. The molecule has 14 N–H and O–H groups in total. The number of aryl methyl sites for hydroxylation is 1. The molecule has 1 saturated heterocycles. The molecular weight excluding hydrogens is 1570 g/mol. The van der Waals surface area contributed by atoms with Gasteiger partial charge in [0.2, 0.25) is 47.3 Å². The number of fused-ring (bicyclic) bond motifs is 5. The topological polar surface area (TPSA) is 557 Å². The number of amides is 13. The second-order valence-corrected chi connectivity index (χ2v) is 30.5. The molecule has 13 amide bonds. The second kappa shape index (κ2) is 41.8. The Kier molecular flexibility index (Phi) is 32.1. The summed E-state index contributed by atoms with van der Waals surface area (Å²) < 4.78 is 66.0. The van der Waals surface area contributed by atoms with Crippen molar-refractivity contribution in [2.24, 2.45) is 11.7 Å². The number of ether oxygens (including phenoxy) is 7. The number of primary amides is 1. The molecule has 9 rings (SSSR count). The average molecular weight is 1670 g/mol. The van der Waals surface area contributed by atoms with E-state index in [4.69, 9.17) is 53.7 Å². The average Bonchev–Trinajstić information content (AvgIpc) is 1.50. The number of aromatic nitrogens is 2. The normalized spacial score (nSPS) is 17.4. The Hall–Kier alpha value is -11.2. The van der Waals surface area contributed by atoms with Crippen molar-refractivity contribution < 1.29 is 124 Å². The number of hydrogen-bond acceptors (Lipinski definition) is 25. The number of esters is 2. The van der Waals surface area contributed by atoms with Crippen molar-refractivity contribution in [3.8, 4) is 11.4 Å². The Balaban J connectivity index is 0.723. The summed E-state index contributed by atoms with van der Waals surface area (Å²) in [5.74, 6) is -10.7. The zero-order valence-corrected chi connectivity index (χ0v) is 66.6. The van der Waals surface area contributed by atoms with Crippen LogP contribution >= 0.6 is 7.60 Å². The van der Waals surface area contributed by atoms with E-state index in [0.29, 0.717) is 62.3 Å². The standard InChI is InChI=1S/C76H98FN14O26P/c1-6-76(107)48-33-55-66-46(37-90(55)71(102)47(48)40-116-73(76)104)64-50(15-14-45-42(5)49(77)34-53(86-66)63(45)64)83-60(95)38-89(7-2)75(106)117-39-43-10-12-44(13-11-43)82-67(98)51(9-8-21-80-74(78)105)87-70(101)65(41(3)4)88-68(99)54(35-59(94)84-52-18-24-115-72(52)103)85-58(93)19-23-111-26-28-113-30-31-114-29-27-112-25-22-79-69(100)56(91-61(96)16-17-62(91)97)36-81-57(92)20-32-118(108,109)110/h10-13,16-17,33-34,41,50-52,54,56,65,107H,6-9,14-15,18-32,35-40H2,1-5H3,(H,79,100)(H,81,92)(H,82,98)(H,83,95)(H,84,94)(H,85,93)(H,87,101)(H,88,99)(H3,78,80,105)(H2,108,109,110)/t50?,51-,52-,54-,56-,65-,76-/m0/s1. The molecule has 0 bridgehead atoms. The van der Waals surface area contributed by atoms with E-state index in [0.717, 1.165) is 12.2 Å². The third kappa shape index (κ3) is 23.8. The minimum Gasteiger partial charge on any atom is -0.464 e. The number of benzene rings is 2. The van der Waals surface area contributed by atoms with E-state index in [-0.39, 0.29) is 153 Å². The largest absolute Gasteiger partial charge is 0.464 e. The Morgan fingerprint density at radius 3 is 2.04 bits per heavy atom. The minimum absolute atomic E-state index is 0.00383. The van der Waals surface area contributed by atoms with Gasteiger partial charge in [0.25, 0.3) is 17.4 Å². The van der Waals surface area contributed by atoms with E-state index < -0.39 is 182 Å². The highest BCUT2D eigenvalue weighted by atomic mass is 31.2. The van der Waals surface area contributed by atoms with Crippen molar-refractivity contribution >= 4 is 107 Å². The van der Waals surface area contributed by atoms with Crippen LogP contribution in [0.2, 0.25) is 0 Å². The molecule has 6 heterocycles. The molecule has 5 aliphatic rings. The number of imide groups is 1. The number of carbonyl (C=O) groups is 14. The van der Waals surface area contributed by atoms with Crippen LogP contribution in [0.1, 0.15) is 124 Å². The molecule has 0 saturated carbocycles. The maximum Gasteiger partial charge on any atom is 0.410 e. The molecule has 2 aromatic carbocycles. The van der Waals surface area contributed by atoms with Gasteiger partial charge in [-0.05, 0) is 92.3 Å². The van der Waals surface area contributed by atoms with Gasteiger partial charge in [0.15, 0.2) is 5.60 Å². The predicted molar refractivity (Wildman–Crippen MR) is 411 cm³/mol. The quantitative estimate of drug-likeness (QED) is 0.00743. The highest BCUT2D eigenvalue weighted by molar-refractivity contribution is 7.51. The maximum absolute atomic E-state index is 15.6. The number of anilines is 1. The van der Waals surface area contributed by atoms with E-state index >= 15 is 4.39 Å². The van der Waals surface area contributed by atoms with Crippen molar-refractivity contribution in [1.29, 1.82) is 0 Å². The van der Waals surface area contributed by atoms with Gasteiger partial charge in [-0.1, -0.05) is 32.9 Å². The Bertz CT molecular complexity index is 4620. The van der Waals surface area contributed by atoms with Crippen molar-refractivity contribution in [1.82, 2.24) is 61.9 Å². The summed E-state index contributed by atoms with van der Waals surface area (Å²) in [6, 6.07) is 0.591. The molecule has 1 fully saturated rings. The van der Waals surface area contributed by atoms with E-state index in [9.17, 15) is 81.6 Å². The molecule has 118 heavy (non-hydrogen) atoms. The zero-order valence-electron chi connectivity index (χ0n) is 65.7. The van der Waals surface area contributed by atoms with Crippen molar-refractivity contribution in [3.05, 3.63) is 104 Å². The summed E-state index contributed by atoms with van der Waals surface area (Å²) in [6.45, 7) is 6.89. The van der Waals surface area contributed by atoms with Crippen LogP contribution in [0, 0.1) is 18.7 Å². The molecule has 40 nitrogen and oxygen atoms in total. The Morgan fingerprint density at radius 1 is 0.737 bits per heavy atom. The first-order valence-corrected chi connectivity index (χ1v) is 40.3. The van der Waals surface area contributed by atoms with Crippen LogP contribution in [0.25, 0.3) is 22.3 Å². The SMILES string of the molecule is CCN(CC(=O)NC1CCc2c(C)c(F)cc3nc4c(c1c23)Cn1c-4cc2c(c1=O)COC(=O)[C@]2(O)CC)C(=O)OCc1ccc(NC(=O)[C@H](CCCNC(N)=O)NC(=O)[C@@H](NC(=O)[C@H](CC(=O)N[C@H]2CCOC2=O)NC(=O)CCOCCOCCOCCOCCNC(=O)[C@H](CNC(=O)CCP(=O)(O)O)N2C(=O)C=CC2=O)C(C)C)cc1. The van der Waals surface area contributed by atoms with E-state index in [1.807, 2.05) is 0 Å². The van der Waals surface area contributed by atoms with Gasteiger partial charge in [0, 0.05) is 85.9 Å². The highest BCUT2D eigenvalue weighted by Gasteiger charge is 2.47. The fourth-order valence-electron chi connectivity index (χ4n) is 13.8. The number of hydrogen-bond donors (Lipinski definition) is 13. The number of carbonyl (C=O) groups excluding carboxylic acids is 14. The number of nitrogens with one attached hydrogen (secondary N) is 9. The molecule has 1 unspecified atom stereocenters. The van der Waals surface area contributed by atoms with Crippen LogP contribution in [-0.2, 0) is 127 Å². The van der Waals surface area contributed by atoms with E-state index in [1.54, 1.807) is 52.8 Å². The van der Waals surface area contributed by atoms with E-state index in [2.05, 4.69) is 47.9 Å². The lowest BCUT2D eigenvalue weighted by atomic mass is 9.81. The summed E-state index contributed by atoms with van der Waals surface area (Å²) >= 11 is 0. The first-order valence-electron chi connectivity index (χ1n) is 38.5. The summed E-state index contributed by atoms with van der Waals surface area (Å²) in [6.07, 6.45) is -0.465. The summed E-state index contributed by atoms with van der Waals surface area (Å²) in [5, 5.41) is 35.4. The molecule has 1 aliphatic carbocycles. The van der Waals surface area contributed by atoms with Gasteiger partial charge in [0.05, 0.1) is 107 Å². The summed E-state index contributed by atoms with van der Waals surface area (Å²) in [5.41, 5.74) is 6.79. The molecule has 0 radical (unpaired) electrons. The van der Waals surface area contributed by atoms with Gasteiger partial charge in [-0.2, -0.15) is 0 Å². The molecule has 4 aliphatic heterocycles. The number of urea groups is 1. The number of pyridine rings is 2. The van der Waals surface area contributed by atoms with Crippen LogP contribution in [0.5, 0.6) is 0 Å². The first-order chi connectivity index (χ1) is 56.2. The van der Waals surface area contributed by atoms with Crippen LogP contribution in [-0.4, -0.2) is 246 Å². The number of nitrogens with zero attached hydrogens (tertiary/aromatic N) is 4. The van der Waals surface area contributed by atoms with Crippen molar-refractivity contribution in [2.45, 2.75) is 154 Å². The monoisotopic (exact) mass is 1670 g/mol. The fourth-order valence-corrected chi connectivity index (χ4v) is 14.3. The third-order valence-corrected chi connectivity index (χ3v) is 21.0. The molecular formula is C76H98FN14O26P. The lowest BCUT2D eigenvalue weighted by Crippen LogP contribution is -2.58. The molecule has 42 heteroatoms. The smallest absolute Gasteiger partial charge is 0.410 e. The fraction of sp³-hybridized carbons (Fsp3) is 0.526. The molecule has 4 aromatic rings. The number of aliphatic hydroxyl groups is 1. The summed E-state index contributed by atoms with van der Waals surface area (Å²) in [4.78, 5) is 222. The third-order valence-electron chi connectivity index (χ3n) is 20.1. The molecule has 7 atom stereocenters. The van der Waals surface area contributed by atoms with Gasteiger partial charge in [0.1, 0.15) is 55.8 Å². The Labute approximate surface area is 675 Å². The van der Waals surface area contributed by atoms with Gasteiger partial charge >= 0.3 is 31.7 Å². The van der Waals surface area contributed by atoms with Crippen molar-refractivity contribution in [2.75, 3.05) is 104 Å². The minimum atomic E-state index is -4.48. The van der Waals surface area contributed by atoms with Crippen LogP contribution in [0.3, 0.4) is 0 Å². The van der Waals surface area contributed by atoms with Gasteiger partial charge in [-0.3, -0.25) is 67.1 Å². The zero-order chi connectivity index (χ0) is 85.7. The van der Waals surface area contributed by atoms with Gasteiger partial charge in [-0.25, -0.2) is 28.6 Å². The summed E-state index contributed by atoms with van der Waals surface area (Å²) in [7, 11) is -4.48. The lowest BCUT2D eigenvalue weighted by Gasteiger charge is -2.31. The van der Waals surface area contributed by atoms with E-state index in [1.165, 1.54) is 27.7 Å². The molecule has 2 aromatic heterocycles. The highest BCUT2D eigenvalue weighted by Crippen LogP contribution is 2.46. The number of rotatable bonds is 44. The number of likely N-dealkylation sites (N-methyl/N-ethyl adjacent to an activating group) is 1. The van der Waals surface area contributed by atoms with Gasteiger partial charge in [-0.15, -0.1) is 0 Å². The van der Waals surface area contributed by atoms with Crippen LogP contribution < -0.4 is 59.1 Å². The van der Waals surface area contributed by atoms with Crippen LogP contribution in [0.15, 0.2) is 53.3 Å². The lowest BCUT2D eigenvalue weighted by molar-refractivity contribution is -0.172. The number of cyclic esters (lactones) is 2. The van der Waals surface area contributed by atoms with Gasteiger partial charge < -0.3 is 106 Å². The Morgan fingerprint density at radius 2 is 1.41 bits per heavy atom. The molecule has 640 valence electrons. The number of halogens is 1. The molecule has 0 spiro atoms. The first kappa shape index (κ1) is 90.7.